The summed E-state index contributed by atoms with van der Waals surface area (Å²) in [5, 5.41) is 3.43. The summed E-state index contributed by atoms with van der Waals surface area (Å²) >= 11 is 0. The lowest BCUT2D eigenvalue weighted by atomic mass is 10.2. The zero-order chi connectivity index (χ0) is 14.7. The Morgan fingerprint density at radius 1 is 1.24 bits per heavy atom. The van der Waals surface area contributed by atoms with Gasteiger partial charge in [0, 0.05) is 32.4 Å². The van der Waals surface area contributed by atoms with E-state index in [-0.39, 0.29) is 5.82 Å². The molecule has 1 N–H and O–H groups in total. The van der Waals surface area contributed by atoms with Crippen LogP contribution in [0.2, 0.25) is 0 Å². The highest BCUT2D eigenvalue weighted by Gasteiger charge is 2.20. The molecular formula is C16H19FN4. The Hall–Kier alpha value is -2.01. The van der Waals surface area contributed by atoms with E-state index in [1.54, 1.807) is 24.5 Å². The molecule has 5 heteroatoms. The van der Waals surface area contributed by atoms with Gasteiger partial charge in [0.05, 0.1) is 11.9 Å². The van der Waals surface area contributed by atoms with Crippen molar-refractivity contribution >= 4 is 5.82 Å². The third kappa shape index (κ3) is 3.98. The highest BCUT2D eigenvalue weighted by atomic mass is 19.1. The normalized spacial score (nSPS) is 14.2. The van der Waals surface area contributed by atoms with Crippen molar-refractivity contribution in [2.45, 2.75) is 32.0 Å². The van der Waals surface area contributed by atoms with Crippen LogP contribution in [0.3, 0.4) is 0 Å². The zero-order valence-corrected chi connectivity index (χ0v) is 12.1. The number of anilines is 1. The van der Waals surface area contributed by atoms with Gasteiger partial charge in [-0.05, 0) is 30.5 Å². The van der Waals surface area contributed by atoms with Gasteiger partial charge in [0.25, 0.3) is 0 Å². The first kappa shape index (κ1) is 13.9. The number of hydrogen-bond acceptors (Lipinski definition) is 4. The maximum atomic E-state index is 12.9. The number of benzene rings is 1. The van der Waals surface area contributed by atoms with Gasteiger partial charge < -0.3 is 10.2 Å². The number of aromatic nitrogens is 2. The number of rotatable bonds is 6. The standard InChI is InChI=1S/C16H19FN4/c1-21(11-12-2-4-13(17)5-3-12)16-10-18-8-15(20-16)9-19-14-6-7-14/h2-5,8,10,14,19H,6-7,9,11H2,1H3. The fourth-order valence-electron chi connectivity index (χ4n) is 2.14. The van der Waals surface area contributed by atoms with Crippen LogP contribution in [-0.4, -0.2) is 23.1 Å². The molecule has 110 valence electrons. The van der Waals surface area contributed by atoms with Crippen molar-refractivity contribution in [3.63, 3.8) is 0 Å². The fourth-order valence-corrected chi connectivity index (χ4v) is 2.14. The minimum absolute atomic E-state index is 0.214. The molecule has 1 fully saturated rings. The molecule has 1 heterocycles. The first-order chi connectivity index (χ1) is 10.2. The summed E-state index contributed by atoms with van der Waals surface area (Å²) in [6.45, 7) is 1.43. The van der Waals surface area contributed by atoms with E-state index in [1.807, 2.05) is 11.9 Å². The molecule has 1 aliphatic rings. The molecule has 0 amide bonds. The van der Waals surface area contributed by atoms with E-state index in [1.165, 1.54) is 25.0 Å². The smallest absolute Gasteiger partial charge is 0.147 e. The number of hydrogen-bond donors (Lipinski definition) is 1. The molecule has 0 aliphatic heterocycles. The second kappa shape index (κ2) is 6.18. The Morgan fingerprint density at radius 2 is 2.00 bits per heavy atom. The lowest BCUT2D eigenvalue weighted by Gasteiger charge is -2.18. The molecule has 4 nitrogen and oxygen atoms in total. The lowest BCUT2D eigenvalue weighted by molar-refractivity contribution is 0.627. The predicted octanol–water partition coefficient (Wildman–Crippen LogP) is 2.50. The quantitative estimate of drug-likeness (QED) is 0.886. The van der Waals surface area contributed by atoms with Crippen LogP contribution in [0.4, 0.5) is 10.2 Å². The summed E-state index contributed by atoms with van der Waals surface area (Å²) < 4.78 is 12.9. The van der Waals surface area contributed by atoms with Gasteiger partial charge in [0.1, 0.15) is 11.6 Å². The second-order valence-corrected chi connectivity index (χ2v) is 5.51. The Bertz CT molecular complexity index is 595. The van der Waals surface area contributed by atoms with E-state index in [0.29, 0.717) is 12.6 Å². The van der Waals surface area contributed by atoms with Gasteiger partial charge in [-0.1, -0.05) is 12.1 Å². The van der Waals surface area contributed by atoms with E-state index in [9.17, 15) is 4.39 Å². The maximum Gasteiger partial charge on any atom is 0.147 e. The first-order valence-electron chi connectivity index (χ1n) is 7.20. The summed E-state index contributed by atoms with van der Waals surface area (Å²) in [5.41, 5.74) is 1.99. The molecule has 1 aromatic heterocycles. The van der Waals surface area contributed by atoms with Gasteiger partial charge in [-0.3, -0.25) is 4.98 Å². The average molecular weight is 286 g/mol. The van der Waals surface area contributed by atoms with Crippen LogP contribution in [0.25, 0.3) is 0 Å². The Kier molecular flexibility index (Phi) is 4.10. The average Bonchev–Trinajstić information content (AvgIpc) is 3.32. The third-order valence-corrected chi connectivity index (χ3v) is 3.55. The first-order valence-corrected chi connectivity index (χ1v) is 7.20. The molecule has 1 aromatic carbocycles. The van der Waals surface area contributed by atoms with Crippen LogP contribution in [0.15, 0.2) is 36.7 Å². The largest absolute Gasteiger partial charge is 0.354 e. The number of nitrogens with zero attached hydrogens (tertiary/aromatic N) is 3. The molecule has 0 bridgehead atoms. The minimum atomic E-state index is -0.214. The Morgan fingerprint density at radius 3 is 2.71 bits per heavy atom. The minimum Gasteiger partial charge on any atom is -0.354 e. The second-order valence-electron chi connectivity index (χ2n) is 5.51. The van der Waals surface area contributed by atoms with Gasteiger partial charge in [0.15, 0.2) is 0 Å². The van der Waals surface area contributed by atoms with Gasteiger partial charge in [-0.2, -0.15) is 0 Å². The van der Waals surface area contributed by atoms with E-state index in [4.69, 9.17) is 0 Å². The van der Waals surface area contributed by atoms with Crippen LogP contribution in [-0.2, 0) is 13.1 Å². The molecule has 21 heavy (non-hydrogen) atoms. The molecule has 0 saturated heterocycles. The zero-order valence-electron chi connectivity index (χ0n) is 12.1. The van der Waals surface area contributed by atoms with Crippen molar-refractivity contribution in [2.24, 2.45) is 0 Å². The number of halogens is 1. The number of nitrogens with one attached hydrogen (secondary N) is 1. The van der Waals surface area contributed by atoms with E-state index < -0.39 is 0 Å². The van der Waals surface area contributed by atoms with Crippen molar-refractivity contribution in [1.82, 2.24) is 15.3 Å². The van der Waals surface area contributed by atoms with Crippen LogP contribution >= 0.6 is 0 Å². The summed E-state index contributed by atoms with van der Waals surface area (Å²) in [7, 11) is 1.96. The molecule has 0 unspecified atom stereocenters. The van der Waals surface area contributed by atoms with Crippen LogP contribution in [0.1, 0.15) is 24.1 Å². The van der Waals surface area contributed by atoms with Crippen molar-refractivity contribution in [1.29, 1.82) is 0 Å². The predicted molar refractivity (Wildman–Crippen MR) is 80.4 cm³/mol. The highest BCUT2D eigenvalue weighted by molar-refractivity contribution is 5.36. The molecular weight excluding hydrogens is 267 g/mol. The molecule has 2 aromatic rings. The van der Waals surface area contributed by atoms with Crippen LogP contribution < -0.4 is 10.2 Å². The SMILES string of the molecule is CN(Cc1ccc(F)cc1)c1cncc(CNC2CC2)n1. The van der Waals surface area contributed by atoms with Crippen molar-refractivity contribution < 1.29 is 4.39 Å². The van der Waals surface area contributed by atoms with Gasteiger partial charge in [-0.15, -0.1) is 0 Å². The van der Waals surface area contributed by atoms with Crippen LogP contribution in [0, 0.1) is 5.82 Å². The Balaban J connectivity index is 1.63. The van der Waals surface area contributed by atoms with Gasteiger partial charge in [-0.25, -0.2) is 9.37 Å². The van der Waals surface area contributed by atoms with Gasteiger partial charge >= 0.3 is 0 Å². The lowest BCUT2D eigenvalue weighted by Crippen LogP contribution is -2.20. The van der Waals surface area contributed by atoms with Crippen molar-refractivity contribution in [3.05, 3.63) is 53.7 Å². The summed E-state index contributed by atoms with van der Waals surface area (Å²) in [5.74, 6) is 0.615. The molecule has 1 aliphatic carbocycles. The molecule has 0 spiro atoms. The fraction of sp³-hybridized carbons (Fsp3) is 0.375. The van der Waals surface area contributed by atoms with Crippen molar-refractivity contribution in [3.8, 4) is 0 Å². The topological polar surface area (TPSA) is 41.1 Å². The Labute approximate surface area is 124 Å². The van der Waals surface area contributed by atoms with Gasteiger partial charge in [0.2, 0.25) is 0 Å². The van der Waals surface area contributed by atoms with E-state index >= 15 is 0 Å². The molecule has 0 atom stereocenters. The maximum absolute atomic E-state index is 12.9. The molecule has 1 saturated carbocycles. The van der Waals surface area contributed by atoms with E-state index in [0.717, 1.165) is 23.6 Å². The third-order valence-electron chi connectivity index (χ3n) is 3.55. The highest BCUT2D eigenvalue weighted by Crippen LogP contribution is 2.19. The molecule has 0 radical (unpaired) electrons. The summed E-state index contributed by atoms with van der Waals surface area (Å²) in [4.78, 5) is 10.9. The van der Waals surface area contributed by atoms with Crippen molar-refractivity contribution in [2.75, 3.05) is 11.9 Å². The summed E-state index contributed by atoms with van der Waals surface area (Å²) in [6, 6.07) is 7.19. The van der Waals surface area contributed by atoms with E-state index in [2.05, 4.69) is 15.3 Å². The monoisotopic (exact) mass is 286 g/mol. The summed E-state index contributed by atoms with van der Waals surface area (Å²) in [6.07, 6.45) is 6.07. The van der Waals surface area contributed by atoms with Crippen LogP contribution in [0.5, 0.6) is 0 Å². The molecule has 3 rings (SSSR count).